The van der Waals surface area contributed by atoms with Gasteiger partial charge in [-0.05, 0) is 18.7 Å². The molecule has 0 aromatic carbocycles. The largest absolute Gasteiger partial charge is 0.342 e. The zero-order valence-electron chi connectivity index (χ0n) is 7.57. The molecular formula is C6H6N6O2S. The Morgan fingerprint density at radius 2 is 2.00 bits per heavy atom. The monoisotopic (exact) mass is 226 g/mol. The lowest BCUT2D eigenvalue weighted by atomic mass is 10.8. The van der Waals surface area contributed by atoms with Crippen molar-refractivity contribution in [3.05, 3.63) is 26.7 Å². The molecule has 9 heteroatoms. The second-order valence-corrected chi connectivity index (χ2v) is 3.57. The summed E-state index contributed by atoms with van der Waals surface area (Å²) in [6.45, 7) is 1.74. The maximum absolute atomic E-state index is 11.2. The standard InChI is InChI=1S/C6H6N6O2S/c1-2-7-6(12-9-2)15-4-3(13)8-5(14)11-10-4/h1H3,(H,7,9,12)(H2,8,11,13,14). The Morgan fingerprint density at radius 3 is 2.60 bits per heavy atom. The topological polar surface area (TPSA) is 120 Å². The lowest BCUT2D eigenvalue weighted by molar-refractivity contribution is 0.803. The highest BCUT2D eigenvalue weighted by Gasteiger charge is 2.08. The molecule has 3 N–H and O–H groups in total. The van der Waals surface area contributed by atoms with Gasteiger partial charge in [-0.2, -0.15) is 5.10 Å². The molecule has 0 amide bonds. The Bertz CT molecular complexity index is 584. The highest BCUT2D eigenvalue weighted by molar-refractivity contribution is 7.99. The first-order chi connectivity index (χ1) is 7.15. The van der Waals surface area contributed by atoms with Crippen LogP contribution in [-0.2, 0) is 0 Å². The minimum absolute atomic E-state index is 0.0913. The van der Waals surface area contributed by atoms with E-state index in [0.717, 1.165) is 11.8 Å². The van der Waals surface area contributed by atoms with E-state index in [1.807, 2.05) is 0 Å². The van der Waals surface area contributed by atoms with Crippen molar-refractivity contribution in [2.75, 3.05) is 0 Å². The van der Waals surface area contributed by atoms with Gasteiger partial charge in [0.25, 0.3) is 5.56 Å². The quantitative estimate of drug-likeness (QED) is 0.606. The van der Waals surface area contributed by atoms with Crippen LogP contribution in [0.25, 0.3) is 0 Å². The number of aromatic nitrogens is 6. The molecule has 2 rings (SSSR count). The van der Waals surface area contributed by atoms with Gasteiger partial charge >= 0.3 is 5.69 Å². The average molecular weight is 226 g/mol. The highest BCUT2D eigenvalue weighted by atomic mass is 32.2. The van der Waals surface area contributed by atoms with E-state index >= 15 is 0 Å². The lowest BCUT2D eigenvalue weighted by Gasteiger charge is -1.91. The van der Waals surface area contributed by atoms with Gasteiger partial charge in [-0.3, -0.25) is 14.9 Å². The third-order valence-electron chi connectivity index (χ3n) is 1.44. The predicted molar refractivity (Wildman–Crippen MR) is 50.7 cm³/mol. The van der Waals surface area contributed by atoms with Crippen LogP contribution >= 0.6 is 11.8 Å². The van der Waals surface area contributed by atoms with E-state index < -0.39 is 11.2 Å². The van der Waals surface area contributed by atoms with E-state index in [1.165, 1.54) is 0 Å². The number of H-pyrrole nitrogens is 3. The van der Waals surface area contributed by atoms with Crippen molar-refractivity contribution in [2.24, 2.45) is 0 Å². The molecule has 8 nitrogen and oxygen atoms in total. The van der Waals surface area contributed by atoms with Gasteiger partial charge in [0, 0.05) is 0 Å². The van der Waals surface area contributed by atoms with Crippen molar-refractivity contribution < 1.29 is 0 Å². The fourth-order valence-electron chi connectivity index (χ4n) is 0.860. The summed E-state index contributed by atoms with van der Waals surface area (Å²) < 4.78 is 0. The van der Waals surface area contributed by atoms with E-state index in [1.54, 1.807) is 6.92 Å². The van der Waals surface area contributed by atoms with Gasteiger partial charge in [0.2, 0.25) is 5.16 Å². The van der Waals surface area contributed by atoms with Crippen molar-refractivity contribution >= 4 is 11.8 Å². The summed E-state index contributed by atoms with van der Waals surface area (Å²) in [6, 6.07) is 0. The zero-order chi connectivity index (χ0) is 10.8. The number of aromatic amines is 3. The smallest absolute Gasteiger partial charge is 0.271 e. The first kappa shape index (κ1) is 9.65. The second-order valence-electron chi connectivity index (χ2n) is 2.62. The summed E-state index contributed by atoms with van der Waals surface area (Å²) >= 11 is 0.965. The molecule has 0 spiro atoms. The van der Waals surface area contributed by atoms with Crippen molar-refractivity contribution in [1.82, 2.24) is 30.4 Å². The highest BCUT2D eigenvalue weighted by Crippen LogP contribution is 2.17. The Morgan fingerprint density at radius 1 is 1.20 bits per heavy atom. The Hall–Kier alpha value is -1.90. The van der Waals surface area contributed by atoms with Crippen LogP contribution in [-0.4, -0.2) is 30.4 Å². The second kappa shape index (κ2) is 3.69. The molecule has 0 atom stereocenters. The predicted octanol–water partition coefficient (Wildman–Crippen LogP) is -0.964. The van der Waals surface area contributed by atoms with Gasteiger partial charge in [0.1, 0.15) is 5.82 Å². The van der Waals surface area contributed by atoms with Crippen LogP contribution in [0.3, 0.4) is 0 Å². The molecule has 2 heterocycles. The Kier molecular flexibility index (Phi) is 2.37. The van der Waals surface area contributed by atoms with Crippen LogP contribution in [0, 0.1) is 6.92 Å². The molecular weight excluding hydrogens is 220 g/mol. The molecule has 0 saturated carbocycles. The van der Waals surface area contributed by atoms with E-state index in [0.29, 0.717) is 11.0 Å². The molecule has 2 aromatic heterocycles. The summed E-state index contributed by atoms with van der Waals surface area (Å²) in [5.74, 6) is 0.637. The van der Waals surface area contributed by atoms with Gasteiger partial charge in [0.15, 0.2) is 5.03 Å². The minimum Gasteiger partial charge on any atom is -0.271 e. The van der Waals surface area contributed by atoms with Gasteiger partial charge in [-0.15, -0.1) is 5.10 Å². The third-order valence-corrected chi connectivity index (χ3v) is 2.28. The average Bonchev–Trinajstić information content (AvgIpc) is 2.56. The van der Waals surface area contributed by atoms with Crippen molar-refractivity contribution in [1.29, 1.82) is 0 Å². The first-order valence-corrected chi connectivity index (χ1v) is 4.72. The number of nitrogens with one attached hydrogen (secondary N) is 3. The Labute approximate surface area is 86.5 Å². The van der Waals surface area contributed by atoms with Crippen LogP contribution in [0.5, 0.6) is 0 Å². The SMILES string of the molecule is Cc1nc(Sc2n[nH]c(=O)[nH]c2=O)n[nH]1. The molecule has 0 radical (unpaired) electrons. The molecule has 0 unspecified atom stereocenters. The van der Waals surface area contributed by atoms with Crippen LogP contribution in [0.4, 0.5) is 0 Å². The van der Waals surface area contributed by atoms with Crippen LogP contribution < -0.4 is 11.2 Å². The van der Waals surface area contributed by atoms with Gasteiger partial charge in [0.05, 0.1) is 0 Å². The fourth-order valence-corrected chi connectivity index (χ4v) is 1.54. The maximum atomic E-state index is 11.2. The number of rotatable bonds is 2. The molecule has 0 fully saturated rings. The van der Waals surface area contributed by atoms with Gasteiger partial charge in [-0.1, -0.05) is 0 Å². The van der Waals surface area contributed by atoms with Crippen LogP contribution in [0.2, 0.25) is 0 Å². The van der Waals surface area contributed by atoms with Crippen molar-refractivity contribution in [3.63, 3.8) is 0 Å². The zero-order valence-corrected chi connectivity index (χ0v) is 8.38. The molecule has 0 bridgehead atoms. The van der Waals surface area contributed by atoms with Gasteiger partial charge < -0.3 is 0 Å². The Balaban J connectivity index is 2.32. The first-order valence-electron chi connectivity index (χ1n) is 3.91. The number of hydrogen-bond donors (Lipinski definition) is 3. The van der Waals surface area contributed by atoms with E-state index in [9.17, 15) is 9.59 Å². The van der Waals surface area contributed by atoms with E-state index in [-0.39, 0.29) is 5.03 Å². The maximum Gasteiger partial charge on any atom is 0.342 e. The number of nitrogens with zero attached hydrogens (tertiary/aromatic N) is 3. The van der Waals surface area contributed by atoms with Crippen molar-refractivity contribution in [3.8, 4) is 0 Å². The molecule has 0 aliphatic carbocycles. The number of aryl methyl sites for hydroxylation is 1. The summed E-state index contributed by atoms with van der Waals surface area (Å²) in [5.41, 5.74) is -1.21. The lowest BCUT2D eigenvalue weighted by Crippen LogP contribution is -2.24. The minimum atomic E-state index is -0.643. The van der Waals surface area contributed by atoms with Crippen LogP contribution in [0.15, 0.2) is 19.8 Å². The summed E-state index contributed by atoms with van der Waals surface area (Å²) in [6.07, 6.45) is 0. The van der Waals surface area contributed by atoms with Crippen LogP contribution in [0.1, 0.15) is 5.82 Å². The molecule has 0 aliphatic rings. The van der Waals surface area contributed by atoms with Crippen molar-refractivity contribution in [2.45, 2.75) is 17.1 Å². The summed E-state index contributed by atoms with van der Waals surface area (Å²) in [4.78, 5) is 27.9. The van der Waals surface area contributed by atoms with E-state index in [4.69, 9.17) is 0 Å². The molecule has 0 saturated heterocycles. The normalized spacial score (nSPS) is 10.5. The molecule has 15 heavy (non-hydrogen) atoms. The summed E-state index contributed by atoms with van der Waals surface area (Å²) in [5, 5.41) is 12.6. The molecule has 2 aromatic rings. The molecule has 78 valence electrons. The summed E-state index contributed by atoms with van der Waals surface area (Å²) in [7, 11) is 0. The molecule has 0 aliphatic heterocycles. The van der Waals surface area contributed by atoms with E-state index in [2.05, 4.69) is 30.4 Å². The fraction of sp³-hybridized carbons (Fsp3) is 0.167. The van der Waals surface area contributed by atoms with Gasteiger partial charge in [-0.25, -0.2) is 14.9 Å². The number of hydrogen-bond acceptors (Lipinski definition) is 6. The third kappa shape index (κ3) is 2.13.